The van der Waals surface area contributed by atoms with Crippen molar-refractivity contribution >= 4 is 18.2 Å². The zero-order valence-electron chi connectivity index (χ0n) is 10.7. The summed E-state index contributed by atoms with van der Waals surface area (Å²) in [5.41, 5.74) is 0. The average molecular weight is 246 g/mol. The highest BCUT2D eigenvalue weighted by Crippen LogP contribution is 2.07. The molecule has 17 heavy (non-hydrogen) atoms. The van der Waals surface area contributed by atoms with Crippen LogP contribution in [0.5, 0.6) is 0 Å². The van der Waals surface area contributed by atoms with Gasteiger partial charge in [0.2, 0.25) is 0 Å². The van der Waals surface area contributed by atoms with E-state index in [-0.39, 0.29) is 6.42 Å². The van der Waals surface area contributed by atoms with Crippen LogP contribution >= 0.6 is 0 Å². The Morgan fingerprint density at radius 2 is 1.88 bits per heavy atom. The van der Waals surface area contributed by atoms with Crippen LogP contribution in [0.1, 0.15) is 13.3 Å². The topological polar surface area (TPSA) is 80.7 Å². The van der Waals surface area contributed by atoms with Crippen LogP contribution in [0.2, 0.25) is 0 Å². The van der Waals surface area contributed by atoms with E-state index in [1.54, 1.807) is 0 Å². The first-order chi connectivity index (χ1) is 7.65. The molecule has 0 aromatic heterocycles. The molecular weight excluding hydrogens is 226 g/mol. The SMILES string of the molecule is CC(C=O)C(=O)OC(CC(=O)O)C[N+](C)(C)C. The second kappa shape index (κ2) is 6.34. The molecule has 0 radical (unpaired) electrons. The number of carboxylic acids is 1. The predicted molar refractivity (Wildman–Crippen MR) is 60.3 cm³/mol. The van der Waals surface area contributed by atoms with Crippen molar-refractivity contribution < 1.29 is 28.7 Å². The highest BCUT2D eigenvalue weighted by molar-refractivity contribution is 5.87. The van der Waals surface area contributed by atoms with E-state index in [0.29, 0.717) is 17.3 Å². The van der Waals surface area contributed by atoms with Crippen LogP contribution in [0.3, 0.4) is 0 Å². The number of likely N-dealkylation sites (N-methyl/N-ethyl adjacent to an activating group) is 1. The van der Waals surface area contributed by atoms with Crippen LogP contribution in [0.15, 0.2) is 0 Å². The van der Waals surface area contributed by atoms with E-state index in [1.807, 2.05) is 21.1 Å². The molecule has 2 unspecified atom stereocenters. The van der Waals surface area contributed by atoms with Gasteiger partial charge >= 0.3 is 11.9 Å². The van der Waals surface area contributed by atoms with E-state index in [0.717, 1.165) is 0 Å². The number of hydrogen-bond donors (Lipinski definition) is 1. The zero-order chi connectivity index (χ0) is 13.6. The first-order valence-electron chi connectivity index (χ1n) is 5.33. The van der Waals surface area contributed by atoms with Crippen molar-refractivity contribution in [2.45, 2.75) is 19.4 Å². The molecular formula is C11H20NO5+. The molecule has 6 heteroatoms. The molecule has 0 heterocycles. The number of aliphatic carboxylic acids is 1. The number of aldehydes is 1. The largest absolute Gasteiger partial charge is 0.481 e. The van der Waals surface area contributed by atoms with Crippen LogP contribution in [-0.2, 0) is 19.1 Å². The minimum absolute atomic E-state index is 0.257. The number of ether oxygens (including phenoxy) is 1. The van der Waals surface area contributed by atoms with Crippen molar-refractivity contribution in [1.29, 1.82) is 0 Å². The molecule has 0 aliphatic heterocycles. The van der Waals surface area contributed by atoms with Gasteiger partial charge in [-0.1, -0.05) is 0 Å². The Morgan fingerprint density at radius 3 is 2.24 bits per heavy atom. The lowest BCUT2D eigenvalue weighted by atomic mass is 10.2. The lowest BCUT2D eigenvalue weighted by molar-refractivity contribution is -0.873. The molecule has 0 spiro atoms. The highest BCUT2D eigenvalue weighted by atomic mass is 16.5. The van der Waals surface area contributed by atoms with Crippen molar-refractivity contribution in [3.8, 4) is 0 Å². The number of carbonyl (C=O) groups is 3. The Balaban J connectivity index is 4.53. The number of quaternary nitrogens is 1. The van der Waals surface area contributed by atoms with Crippen molar-refractivity contribution in [3.63, 3.8) is 0 Å². The van der Waals surface area contributed by atoms with Gasteiger partial charge in [-0.25, -0.2) is 0 Å². The molecule has 0 saturated carbocycles. The summed E-state index contributed by atoms with van der Waals surface area (Å²) in [6.45, 7) is 1.79. The molecule has 0 bridgehead atoms. The van der Waals surface area contributed by atoms with Gasteiger partial charge in [0, 0.05) is 0 Å². The van der Waals surface area contributed by atoms with Gasteiger partial charge in [0.25, 0.3) is 0 Å². The van der Waals surface area contributed by atoms with Gasteiger partial charge in [-0.05, 0) is 6.92 Å². The minimum Gasteiger partial charge on any atom is -0.481 e. The molecule has 0 saturated heterocycles. The van der Waals surface area contributed by atoms with E-state index in [1.165, 1.54) is 6.92 Å². The Morgan fingerprint density at radius 1 is 1.35 bits per heavy atom. The first-order valence-corrected chi connectivity index (χ1v) is 5.33. The maximum absolute atomic E-state index is 11.4. The standard InChI is InChI=1S/C11H19NO5/c1-8(7-13)11(16)17-9(5-10(14)15)6-12(2,3)4/h7-9H,5-6H2,1-4H3/p+1. The fourth-order valence-electron chi connectivity index (χ4n) is 1.28. The molecule has 0 aliphatic rings. The Kier molecular flexibility index (Phi) is 5.81. The monoisotopic (exact) mass is 246 g/mol. The molecule has 0 rings (SSSR count). The molecule has 98 valence electrons. The van der Waals surface area contributed by atoms with E-state index in [9.17, 15) is 14.4 Å². The van der Waals surface area contributed by atoms with Gasteiger partial charge in [-0.15, -0.1) is 0 Å². The fourth-order valence-corrected chi connectivity index (χ4v) is 1.28. The van der Waals surface area contributed by atoms with Gasteiger partial charge < -0.3 is 19.1 Å². The molecule has 0 aromatic rings. The van der Waals surface area contributed by atoms with Crippen molar-refractivity contribution in [2.24, 2.45) is 5.92 Å². The van der Waals surface area contributed by atoms with Crippen LogP contribution < -0.4 is 0 Å². The van der Waals surface area contributed by atoms with Crippen molar-refractivity contribution in [2.75, 3.05) is 27.7 Å². The van der Waals surface area contributed by atoms with Crippen LogP contribution in [-0.4, -0.2) is 61.6 Å². The maximum Gasteiger partial charge on any atom is 0.316 e. The number of carboxylic acid groups (broad SMARTS) is 1. The molecule has 0 fully saturated rings. The zero-order valence-corrected chi connectivity index (χ0v) is 10.7. The third kappa shape index (κ3) is 7.46. The highest BCUT2D eigenvalue weighted by Gasteiger charge is 2.26. The molecule has 0 amide bonds. The smallest absolute Gasteiger partial charge is 0.316 e. The van der Waals surface area contributed by atoms with E-state index in [2.05, 4.69) is 0 Å². The van der Waals surface area contributed by atoms with E-state index < -0.39 is 24.0 Å². The van der Waals surface area contributed by atoms with Crippen molar-refractivity contribution in [1.82, 2.24) is 0 Å². The van der Waals surface area contributed by atoms with Gasteiger partial charge in [-0.3, -0.25) is 9.59 Å². The summed E-state index contributed by atoms with van der Waals surface area (Å²) in [7, 11) is 5.60. The summed E-state index contributed by atoms with van der Waals surface area (Å²) in [5, 5.41) is 8.72. The van der Waals surface area contributed by atoms with Gasteiger partial charge in [0.1, 0.15) is 18.7 Å². The summed E-state index contributed by atoms with van der Waals surface area (Å²) in [6, 6.07) is 0. The molecule has 0 aliphatic carbocycles. The van der Waals surface area contributed by atoms with Crippen LogP contribution in [0.25, 0.3) is 0 Å². The quantitative estimate of drug-likeness (QED) is 0.294. The third-order valence-corrected chi connectivity index (χ3v) is 2.01. The van der Waals surface area contributed by atoms with Gasteiger partial charge in [-0.2, -0.15) is 0 Å². The maximum atomic E-state index is 11.4. The minimum atomic E-state index is -1.03. The average Bonchev–Trinajstić information content (AvgIpc) is 2.12. The number of carbonyl (C=O) groups excluding carboxylic acids is 2. The normalized spacial score (nSPS) is 14.8. The molecule has 6 nitrogen and oxygen atoms in total. The summed E-state index contributed by atoms with van der Waals surface area (Å²) in [5.74, 6) is -2.58. The van der Waals surface area contributed by atoms with Gasteiger partial charge in [0.05, 0.1) is 27.6 Å². The van der Waals surface area contributed by atoms with Crippen LogP contribution in [0.4, 0.5) is 0 Å². The van der Waals surface area contributed by atoms with Crippen LogP contribution in [0, 0.1) is 5.92 Å². The summed E-state index contributed by atoms with van der Waals surface area (Å²) >= 11 is 0. The predicted octanol–water partition coefficient (Wildman–Crippen LogP) is -0.0859. The van der Waals surface area contributed by atoms with E-state index >= 15 is 0 Å². The number of hydrogen-bond acceptors (Lipinski definition) is 4. The Bertz CT molecular complexity index is 295. The lowest BCUT2D eigenvalue weighted by Crippen LogP contribution is -2.44. The molecule has 0 aromatic carbocycles. The lowest BCUT2D eigenvalue weighted by Gasteiger charge is -2.28. The first kappa shape index (κ1) is 15.6. The number of nitrogens with zero attached hydrogens (tertiary/aromatic N) is 1. The third-order valence-electron chi connectivity index (χ3n) is 2.01. The van der Waals surface area contributed by atoms with Crippen molar-refractivity contribution in [3.05, 3.63) is 0 Å². The summed E-state index contributed by atoms with van der Waals surface area (Å²) in [4.78, 5) is 32.5. The molecule has 1 N–H and O–H groups in total. The molecule has 2 atom stereocenters. The second-order valence-electron chi connectivity index (χ2n) is 5.05. The second-order valence-corrected chi connectivity index (χ2v) is 5.05. The Labute approximate surface area is 101 Å². The van der Waals surface area contributed by atoms with Gasteiger partial charge in [0.15, 0.2) is 6.10 Å². The Hall–Kier alpha value is -1.43. The summed E-state index contributed by atoms with van der Waals surface area (Å²) in [6.07, 6.45) is -0.499. The number of esters is 1. The number of rotatable bonds is 7. The summed E-state index contributed by atoms with van der Waals surface area (Å²) < 4.78 is 5.50. The van der Waals surface area contributed by atoms with E-state index in [4.69, 9.17) is 9.84 Å². The fraction of sp³-hybridized carbons (Fsp3) is 0.727.